The van der Waals surface area contributed by atoms with Gasteiger partial charge in [-0.2, -0.15) is 0 Å². The van der Waals surface area contributed by atoms with Gasteiger partial charge in [0.15, 0.2) is 0 Å². The molecule has 0 heterocycles. The predicted octanol–water partition coefficient (Wildman–Crippen LogP) is 2.95. The summed E-state index contributed by atoms with van der Waals surface area (Å²) in [5.74, 6) is 1.14. The number of alkyl halides is 1. The number of hydrogen-bond donors (Lipinski definition) is 1. The third kappa shape index (κ3) is 3.10. The van der Waals surface area contributed by atoms with Gasteiger partial charge >= 0.3 is 0 Å². The number of halogens is 1. The molecule has 2 atom stereocenters. The fourth-order valence-corrected chi connectivity index (χ4v) is 2.31. The van der Waals surface area contributed by atoms with Crippen molar-refractivity contribution in [2.24, 2.45) is 11.3 Å². The van der Waals surface area contributed by atoms with E-state index in [9.17, 15) is 4.79 Å². The average molecular weight is 232 g/mol. The summed E-state index contributed by atoms with van der Waals surface area (Å²) in [6.07, 6.45) is 4.42. The van der Waals surface area contributed by atoms with E-state index in [1.807, 2.05) is 6.92 Å². The lowest BCUT2D eigenvalue weighted by atomic mass is 9.87. The lowest BCUT2D eigenvalue weighted by Crippen LogP contribution is -2.44. The Balaban J connectivity index is 2.47. The highest BCUT2D eigenvalue weighted by molar-refractivity contribution is 6.18. The van der Waals surface area contributed by atoms with Gasteiger partial charge in [-0.15, -0.1) is 11.6 Å². The van der Waals surface area contributed by atoms with Crippen LogP contribution in [0.15, 0.2) is 0 Å². The summed E-state index contributed by atoms with van der Waals surface area (Å²) in [6.45, 7) is 6.17. The van der Waals surface area contributed by atoms with E-state index >= 15 is 0 Å². The van der Waals surface area contributed by atoms with Gasteiger partial charge in [0.1, 0.15) is 0 Å². The normalized spacial score (nSPS) is 23.5. The third-order valence-electron chi connectivity index (χ3n) is 3.71. The number of amides is 1. The molecule has 88 valence electrons. The number of carbonyl (C=O) groups is 1. The van der Waals surface area contributed by atoms with Crippen LogP contribution in [0.4, 0.5) is 0 Å². The van der Waals surface area contributed by atoms with Crippen LogP contribution in [0.2, 0.25) is 0 Å². The summed E-state index contributed by atoms with van der Waals surface area (Å²) in [6, 6.07) is 0.174. The topological polar surface area (TPSA) is 29.1 Å². The maximum atomic E-state index is 12.0. The number of hydrogen-bond acceptors (Lipinski definition) is 1. The first-order chi connectivity index (χ1) is 6.99. The molecule has 1 rings (SSSR count). The standard InChI is InChI=1S/C12H22ClNO/c1-9(8-13)10(2)14-11(15)12(3)6-4-5-7-12/h9-10H,4-8H2,1-3H3,(H,14,15). The summed E-state index contributed by atoms with van der Waals surface area (Å²) < 4.78 is 0. The number of nitrogens with one attached hydrogen (secondary N) is 1. The van der Waals surface area contributed by atoms with Gasteiger partial charge in [-0.3, -0.25) is 4.79 Å². The van der Waals surface area contributed by atoms with Gasteiger partial charge in [0.25, 0.3) is 0 Å². The van der Waals surface area contributed by atoms with E-state index in [4.69, 9.17) is 11.6 Å². The first-order valence-electron chi connectivity index (χ1n) is 5.86. The Kier molecular flexibility index (Phi) is 4.45. The van der Waals surface area contributed by atoms with Crippen LogP contribution in [0.25, 0.3) is 0 Å². The van der Waals surface area contributed by atoms with Crippen LogP contribution in [0.1, 0.15) is 46.5 Å². The van der Waals surface area contributed by atoms with Gasteiger partial charge in [-0.25, -0.2) is 0 Å². The van der Waals surface area contributed by atoms with Crippen LogP contribution in [0.5, 0.6) is 0 Å². The zero-order valence-electron chi connectivity index (χ0n) is 9.98. The molecule has 1 saturated carbocycles. The Bertz CT molecular complexity index is 224. The lowest BCUT2D eigenvalue weighted by Gasteiger charge is -2.27. The Hall–Kier alpha value is -0.240. The minimum absolute atomic E-state index is 0.125. The highest BCUT2D eigenvalue weighted by atomic mass is 35.5. The predicted molar refractivity (Wildman–Crippen MR) is 64.1 cm³/mol. The summed E-state index contributed by atoms with van der Waals surface area (Å²) in [7, 11) is 0. The van der Waals surface area contributed by atoms with E-state index in [1.165, 1.54) is 12.8 Å². The van der Waals surface area contributed by atoms with Crippen molar-refractivity contribution in [3.05, 3.63) is 0 Å². The van der Waals surface area contributed by atoms with Crippen molar-refractivity contribution in [3.8, 4) is 0 Å². The monoisotopic (exact) mass is 231 g/mol. The molecular formula is C12H22ClNO. The summed E-state index contributed by atoms with van der Waals surface area (Å²) >= 11 is 5.77. The molecule has 0 aromatic rings. The van der Waals surface area contributed by atoms with Gasteiger partial charge in [-0.05, 0) is 25.7 Å². The molecule has 0 bridgehead atoms. The minimum atomic E-state index is -0.125. The van der Waals surface area contributed by atoms with Crippen molar-refractivity contribution in [3.63, 3.8) is 0 Å². The maximum Gasteiger partial charge on any atom is 0.226 e. The zero-order chi connectivity index (χ0) is 11.5. The molecule has 1 aliphatic rings. The molecule has 0 saturated heterocycles. The van der Waals surface area contributed by atoms with Gasteiger partial charge in [0, 0.05) is 17.3 Å². The second-order valence-corrected chi connectivity index (χ2v) is 5.47. The molecule has 1 amide bonds. The Morgan fingerprint density at radius 2 is 1.93 bits per heavy atom. The van der Waals surface area contributed by atoms with Crippen molar-refractivity contribution >= 4 is 17.5 Å². The van der Waals surface area contributed by atoms with Gasteiger partial charge in [0.2, 0.25) is 5.91 Å². The molecule has 2 unspecified atom stereocenters. The van der Waals surface area contributed by atoms with E-state index in [1.54, 1.807) is 0 Å². The van der Waals surface area contributed by atoms with Crippen molar-refractivity contribution in [2.45, 2.75) is 52.5 Å². The summed E-state index contributed by atoms with van der Waals surface area (Å²) in [5, 5.41) is 3.09. The number of rotatable bonds is 4. The second kappa shape index (κ2) is 5.20. The molecule has 0 spiro atoms. The molecule has 1 aliphatic carbocycles. The van der Waals surface area contributed by atoms with E-state index in [0.717, 1.165) is 12.8 Å². The smallest absolute Gasteiger partial charge is 0.226 e. The summed E-state index contributed by atoms with van der Waals surface area (Å²) in [4.78, 5) is 12.0. The van der Waals surface area contributed by atoms with Gasteiger partial charge < -0.3 is 5.32 Å². The highest BCUT2D eigenvalue weighted by Gasteiger charge is 2.36. The van der Waals surface area contributed by atoms with E-state index < -0.39 is 0 Å². The van der Waals surface area contributed by atoms with Crippen LogP contribution in [-0.2, 0) is 4.79 Å². The fourth-order valence-electron chi connectivity index (χ4n) is 2.04. The minimum Gasteiger partial charge on any atom is -0.353 e. The molecule has 0 radical (unpaired) electrons. The van der Waals surface area contributed by atoms with E-state index in [0.29, 0.717) is 11.8 Å². The van der Waals surface area contributed by atoms with E-state index in [-0.39, 0.29) is 17.4 Å². The Morgan fingerprint density at radius 3 is 2.40 bits per heavy atom. The molecule has 0 aromatic heterocycles. The van der Waals surface area contributed by atoms with Crippen molar-refractivity contribution < 1.29 is 4.79 Å². The molecule has 0 aliphatic heterocycles. The molecular weight excluding hydrogens is 210 g/mol. The first-order valence-corrected chi connectivity index (χ1v) is 6.40. The SMILES string of the molecule is CC(CCl)C(C)NC(=O)C1(C)CCCC1. The number of carbonyl (C=O) groups excluding carboxylic acids is 1. The Labute approximate surface area is 97.8 Å². The van der Waals surface area contributed by atoms with E-state index in [2.05, 4.69) is 19.2 Å². The van der Waals surface area contributed by atoms with Crippen LogP contribution >= 0.6 is 11.6 Å². The fraction of sp³-hybridized carbons (Fsp3) is 0.917. The van der Waals surface area contributed by atoms with Crippen LogP contribution in [-0.4, -0.2) is 17.8 Å². The van der Waals surface area contributed by atoms with Crippen LogP contribution in [0.3, 0.4) is 0 Å². The summed E-state index contributed by atoms with van der Waals surface area (Å²) in [5.41, 5.74) is -0.125. The quantitative estimate of drug-likeness (QED) is 0.741. The van der Waals surface area contributed by atoms with Crippen LogP contribution < -0.4 is 5.32 Å². The van der Waals surface area contributed by atoms with Crippen molar-refractivity contribution in [2.75, 3.05) is 5.88 Å². The lowest BCUT2D eigenvalue weighted by molar-refractivity contribution is -0.130. The van der Waals surface area contributed by atoms with Crippen molar-refractivity contribution in [1.82, 2.24) is 5.32 Å². The largest absolute Gasteiger partial charge is 0.353 e. The third-order valence-corrected chi connectivity index (χ3v) is 4.20. The molecule has 1 fully saturated rings. The zero-order valence-corrected chi connectivity index (χ0v) is 10.7. The molecule has 0 aromatic carbocycles. The first kappa shape index (κ1) is 12.8. The molecule has 3 heteroatoms. The molecule has 2 nitrogen and oxygen atoms in total. The highest BCUT2D eigenvalue weighted by Crippen LogP contribution is 2.37. The molecule has 15 heavy (non-hydrogen) atoms. The Morgan fingerprint density at radius 1 is 1.40 bits per heavy atom. The van der Waals surface area contributed by atoms with Gasteiger partial charge in [0.05, 0.1) is 0 Å². The maximum absolute atomic E-state index is 12.0. The second-order valence-electron chi connectivity index (χ2n) is 5.16. The van der Waals surface area contributed by atoms with Crippen molar-refractivity contribution in [1.29, 1.82) is 0 Å². The van der Waals surface area contributed by atoms with Crippen LogP contribution in [0, 0.1) is 11.3 Å². The molecule has 1 N–H and O–H groups in total. The average Bonchev–Trinajstić information content (AvgIpc) is 2.65. The van der Waals surface area contributed by atoms with Gasteiger partial charge in [-0.1, -0.05) is 26.7 Å².